The average molecular weight is 158 g/mol. The largest absolute Gasteiger partial charge is 0.396 e. The third-order valence-electron chi connectivity index (χ3n) is 2.20. The topological polar surface area (TPSA) is 20.2 Å². The molecule has 0 spiro atoms. The van der Waals surface area contributed by atoms with Crippen molar-refractivity contribution in [3.63, 3.8) is 0 Å². The zero-order chi connectivity index (χ0) is 7.56. The van der Waals surface area contributed by atoms with E-state index in [2.05, 4.69) is 31.7 Å². The standard InChI is InChI=1S/C8H14OS/c1-6-3-2-4-8(10)7(6)5-9/h2-3,6-10H,4-5H2,1H3/t6-,7-,8+/m0/s1. The molecule has 0 saturated carbocycles. The zero-order valence-corrected chi connectivity index (χ0v) is 7.09. The number of thiol groups is 1. The van der Waals surface area contributed by atoms with E-state index in [-0.39, 0.29) is 6.61 Å². The monoisotopic (exact) mass is 158 g/mol. The third kappa shape index (κ3) is 1.55. The Balaban J connectivity index is 2.58. The van der Waals surface area contributed by atoms with Crippen LogP contribution in [0.1, 0.15) is 13.3 Å². The van der Waals surface area contributed by atoms with E-state index in [9.17, 15) is 0 Å². The van der Waals surface area contributed by atoms with E-state index in [1.54, 1.807) is 0 Å². The van der Waals surface area contributed by atoms with Crippen LogP contribution < -0.4 is 0 Å². The fourth-order valence-electron chi connectivity index (χ4n) is 1.39. The van der Waals surface area contributed by atoms with Gasteiger partial charge in [-0.2, -0.15) is 12.6 Å². The summed E-state index contributed by atoms with van der Waals surface area (Å²) in [6.07, 6.45) is 5.31. The molecule has 0 unspecified atom stereocenters. The van der Waals surface area contributed by atoms with Crippen LogP contribution in [-0.4, -0.2) is 17.0 Å². The van der Waals surface area contributed by atoms with E-state index in [1.807, 2.05) is 0 Å². The SMILES string of the molecule is C[C@H]1C=CC[C@@H](S)[C@H]1CO. The lowest BCUT2D eigenvalue weighted by Gasteiger charge is -2.27. The van der Waals surface area contributed by atoms with Gasteiger partial charge in [0.05, 0.1) is 0 Å². The Morgan fingerprint density at radius 2 is 2.40 bits per heavy atom. The molecule has 0 aliphatic heterocycles. The van der Waals surface area contributed by atoms with Gasteiger partial charge >= 0.3 is 0 Å². The van der Waals surface area contributed by atoms with Crippen molar-refractivity contribution in [2.75, 3.05) is 6.61 Å². The first kappa shape index (κ1) is 8.15. The fourth-order valence-corrected chi connectivity index (χ4v) is 1.88. The van der Waals surface area contributed by atoms with E-state index in [0.717, 1.165) is 6.42 Å². The molecule has 0 aromatic heterocycles. The number of allylic oxidation sites excluding steroid dienone is 2. The number of aliphatic hydroxyl groups is 1. The Hall–Kier alpha value is 0.0500. The summed E-state index contributed by atoms with van der Waals surface area (Å²) in [6.45, 7) is 2.39. The zero-order valence-electron chi connectivity index (χ0n) is 6.20. The second-order valence-corrected chi connectivity index (χ2v) is 3.60. The Bertz CT molecular complexity index is 133. The second kappa shape index (κ2) is 3.44. The first-order chi connectivity index (χ1) is 4.75. The van der Waals surface area contributed by atoms with Crippen LogP contribution in [0.25, 0.3) is 0 Å². The van der Waals surface area contributed by atoms with Crippen LogP contribution in [0, 0.1) is 11.8 Å². The Morgan fingerprint density at radius 3 is 2.80 bits per heavy atom. The minimum atomic E-state index is 0.264. The molecular weight excluding hydrogens is 144 g/mol. The Kier molecular flexibility index (Phi) is 2.81. The average Bonchev–Trinajstić information content (AvgIpc) is 1.88. The minimum Gasteiger partial charge on any atom is -0.396 e. The van der Waals surface area contributed by atoms with Gasteiger partial charge in [0.25, 0.3) is 0 Å². The quantitative estimate of drug-likeness (QED) is 0.437. The summed E-state index contributed by atoms with van der Waals surface area (Å²) in [4.78, 5) is 0. The number of hydrogen-bond acceptors (Lipinski definition) is 2. The van der Waals surface area contributed by atoms with Gasteiger partial charge < -0.3 is 5.11 Å². The molecule has 1 aliphatic carbocycles. The predicted octanol–water partition coefficient (Wildman–Crippen LogP) is 1.49. The fraction of sp³-hybridized carbons (Fsp3) is 0.750. The summed E-state index contributed by atoms with van der Waals surface area (Å²) in [5, 5.41) is 9.30. The van der Waals surface area contributed by atoms with E-state index in [1.165, 1.54) is 0 Å². The molecule has 0 radical (unpaired) electrons. The van der Waals surface area contributed by atoms with E-state index < -0.39 is 0 Å². The van der Waals surface area contributed by atoms with Crippen LogP contribution >= 0.6 is 12.6 Å². The molecule has 1 nitrogen and oxygen atoms in total. The van der Waals surface area contributed by atoms with Crippen molar-refractivity contribution < 1.29 is 5.11 Å². The minimum absolute atomic E-state index is 0.264. The van der Waals surface area contributed by atoms with Crippen molar-refractivity contribution in [2.45, 2.75) is 18.6 Å². The summed E-state index contributed by atoms with van der Waals surface area (Å²) < 4.78 is 0. The second-order valence-electron chi connectivity index (χ2n) is 2.94. The van der Waals surface area contributed by atoms with E-state index in [0.29, 0.717) is 17.1 Å². The molecule has 1 N–H and O–H groups in total. The first-order valence-electron chi connectivity index (χ1n) is 3.71. The Labute approximate surface area is 67.5 Å². The van der Waals surface area contributed by atoms with Crippen molar-refractivity contribution in [1.29, 1.82) is 0 Å². The molecule has 1 aliphatic rings. The van der Waals surface area contributed by atoms with E-state index in [4.69, 9.17) is 5.11 Å². The highest BCUT2D eigenvalue weighted by Gasteiger charge is 2.23. The van der Waals surface area contributed by atoms with Gasteiger partial charge in [0.1, 0.15) is 0 Å². The van der Waals surface area contributed by atoms with Crippen molar-refractivity contribution >= 4 is 12.6 Å². The summed E-state index contributed by atoms with van der Waals surface area (Å²) >= 11 is 4.38. The molecule has 0 heterocycles. The molecule has 0 amide bonds. The lowest BCUT2D eigenvalue weighted by atomic mass is 9.85. The summed E-state index contributed by atoms with van der Waals surface area (Å²) in [5.41, 5.74) is 0. The van der Waals surface area contributed by atoms with Gasteiger partial charge in [-0.05, 0) is 18.3 Å². The lowest BCUT2D eigenvalue weighted by Crippen LogP contribution is -2.27. The molecule has 0 bridgehead atoms. The van der Waals surface area contributed by atoms with Crippen molar-refractivity contribution in [2.24, 2.45) is 11.8 Å². The predicted molar refractivity (Wildman–Crippen MR) is 46.3 cm³/mol. The normalized spacial score (nSPS) is 40.1. The van der Waals surface area contributed by atoms with Gasteiger partial charge in [0.2, 0.25) is 0 Å². The molecule has 1 rings (SSSR count). The van der Waals surface area contributed by atoms with Crippen molar-refractivity contribution in [1.82, 2.24) is 0 Å². The number of aliphatic hydroxyl groups excluding tert-OH is 1. The third-order valence-corrected chi connectivity index (χ3v) is 2.79. The van der Waals surface area contributed by atoms with Crippen LogP contribution in [0.15, 0.2) is 12.2 Å². The van der Waals surface area contributed by atoms with Crippen LogP contribution in [0.3, 0.4) is 0 Å². The molecule has 0 aromatic carbocycles. The summed E-state index contributed by atoms with van der Waals surface area (Å²) in [5.74, 6) is 0.842. The first-order valence-corrected chi connectivity index (χ1v) is 4.23. The lowest BCUT2D eigenvalue weighted by molar-refractivity contribution is 0.192. The molecule has 0 aromatic rings. The van der Waals surface area contributed by atoms with Gasteiger partial charge in [-0.15, -0.1) is 0 Å². The van der Waals surface area contributed by atoms with Crippen LogP contribution in [0.5, 0.6) is 0 Å². The number of rotatable bonds is 1. The molecule has 3 atom stereocenters. The Morgan fingerprint density at radius 1 is 1.70 bits per heavy atom. The maximum Gasteiger partial charge on any atom is 0.0475 e. The highest BCUT2D eigenvalue weighted by atomic mass is 32.1. The van der Waals surface area contributed by atoms with Gasteiger partial charge in [-0.3, -0.25) is 0 Å². The number of hydrogen-bond donors (Lipinski definition) is 2. The molecule has 0 fully saturated rings. The maximum atomic E-state index is 8.95. The molecule has 2 heteroatoms. The molecule has 0 saturated heterocycles. The van der Waals surface area contributed by atoms with Crippen LogP contribution in [0.2, 0.25) is 0 Å². The van der Waals surface area contributed by atoms with Gasteiger partial charge in [-0.25, -0.2) is 0 Å². The van der Waals surface area contributed by atoms with Crippen molar-refractivity contribution in [3.05, 3.63) is 12.2 Å². The smallest absolute Gasteiger partial charge is 0.0475 e. The van der Waals surface area contributed by atoms with Gasteiger partial charge in [0.15, 0.2) is 0 Å². The van der Waals surface area contributed by atoms with Crippen LogP contribution in [-0.2, 0) is 0 Å². The molecular formula is C8H14OS. The van der Waals surface area contributed by atoms with Gasteiger partial charge in [-0.1, -0.05) is 19.1 Å². The van der Waals surface area contributed by atoms with Crippen molar-refractivity contribution in [3.8, 4) is 0 Å². The van der Waals surface area contributed by atoms with Gasteiger partial charge in [0, 0.05) is 11.9 Å². The molecule has 58 valence electrons. The highest BCUT2D eigenvalue weighted by Crippen LogP contribution is 2.27. The van der Waals surface area contributed by atoms with E-state index >= 15 is 0 Å². The maximum absolute atomic E-state index is 8.95. The summed E-state index contributed by atoms with van der Waals surface area (Å²) in [6, 6.07) is 0. The summed E-state index contributed by atoms with van der Waals surface area (Å²) in [7, 11) is 0. The van der Waals surface area contributed by atoms with Crippen LogP contribution in [0.4, 0.5) is 0 Å². The highest BCUT2D eigenvalue weighted by molar-refractivity contribution is 7.81. The molecule has 10 heavy (non-hydrogen) atoms.